The number of imidazole rings is 1. The van der Waals surface area contributed by atoms with Crippen molar-refractivity contribution in [2.45, 2.75) is 38.5 Å². The summed E-state index contributed by atoms with van der Waals surface area (Å²) in [5, 5.41) is 0. The number of rotatable bonds is 5. The number of nitrogens with one attached hydrogen (secondary N) is 1. The largest absolute Gasteiger partial charge is 0.342 e. The van der Waals surface area contributed by atoms with Crippen LogP contribution in [0.2, 0.25) is 0 Å². The summed E-state index contributed by atoms with van der Waals surface area (Å²) in [6.45, 7) is 2.89. The predicted octanol–water partition coefficient (Wildman–Crippen LogP) is 4.43. The van der Waals surface area contributed by atoms with Crippen molar-refractivity contribution in [1.82, 2.24) is 9.97 Å². The summed E-state index contributed by atoms with van der Waals surface area (Å²) in [5.74, 6) is 1.21. The number of aryl methyl sites for hydroxylation is 1. The van der Waals surface area contributed by atoms with Crippen LogP contribution in [0.15, 0.2) is 48.5 Å². The van der Waals surface area contributed by atoms with Crippen molar-refractivity contribution in [2.75, 3.05) is 11.4 Å². The van der Waals surface area contributed by atoms with Crippen LogP contribution in [0, 0.1) is 0 Å². The summed E-state index contributed by atoms with van der Waals surface area (Å²) in [4.78, 5) is 22.4. The first-order chi connectivity index (χ1) is 12.2. The summed E-state index contributed by atoms with van der Waals surface area (Å²) in [6, 6.07) is 16.4. The molecule has 2 heterocycles. The molecule has 0 aliphatic carbocycles. The van der Waals surface area contributed by atoms with Crippen LogP contribution in [0.25, 0.3) is 11.0 Å². The second kappa shape index (κ2) is 6.71. The molecule has 4 heteroatoms. The minimum atomic E-state index is 0.125. The summed E-state index contributed by atoms with van der Waals surface area (Å²) >= 11 is 0. The number of aromatic amines is 1. The second-order valence-corrected chi connectivity index (χ2v) is 6.81. The zero-order valence-electron chi connectivity index (χ0n) is 14.5. The van der Waals surface area contributed by atoms with E-state index in [9.17, 15) is 4.79 Å². The molecule has 3 aromatic rings. The molecule has 1 N–H and O–H groups in total. The van der Waals surface area contributed by atoms with Crippen LogP contribution in [-0.2, 0) is 11.2 Å². The molecule has 1 atom stereocenters. The summed E-state index contributed by atoms with van der Waals surface area (Å²) < 4.78 is 0. The van der Waals surface area contributed by atoms with E-state index in [0.717, 1.165) is 29.0 Å². The highest BCUT2D eigenvalue weighted by Crippen LogP contribution is 2.31. The average molecular weight is 333 g/mol. The van der Waals surface area contributed by atoms with Crippen molar-refractivity contribution in [3.05, 3.63) is 59.9 Å². The molecule has 1 aliphatic heterocycles. The second-order valence-electron chi connectivity index (χ2n) is 6.81. The lowest BCUT2D eigenvalue weighted by atomic mass is 10.1. The molecule has 1 fully saturated rings. The van der Waals surface area contributed by atoms with Gasteiger partial charge in [-0.25, -0.2) is 4.98 Å². The molecule has 0 saturated carbocycles. The van der Waals surface area contributed by atoms with Crippen LogP contribution in [0.3, 0.4) is 0 Å². The highest BCUT2D eigenvalue weighted by molar-refractivity contribution is 5.96. The van der Waals surface area contributed by atoms with Crippen LogP contribution in [0.1, 0.15) is 43.5 Å². The van der Waals surface area contributed by atoms with E-state index in [1.807, 2.05) is 29.2 Å². The zero-order valence-corrected chi connectivity index (χ0v) is 14.5. The van der Waals surface area contributed by atoms with Crippen molar-refractivity contribution >= 4 is 22.6 Å². The lowest BCUT2D eigenvalue weighted by Gasteiger charge is -2.17. The van der Waals surface area contributed by atoms with Gasteiger partial charge in [0, 0.05) is 24.6 Å². The van der Waals surface area contributed by atoms with Crippen LogP contribution in [0.5, 0.6) is 0 Å². The number of benzene rings is 2. The minimum Gasteiger partial charge on any atom is -0.342 e. The third kappa shape index (κ3) is 3.16. The fraction of sp³-hybridized carbons (Fsp3) is 0.333. The summed E-state index contributed by atoms with van der Waals surface area (Å²) in [5.41, 5.74) is 4.32. The van der Waals surface area contributed by atoms with Gasteiger partial charge in [0.05, 0.1) is 11.0 Å². The number of anilines is 1. The Hall–Kier alpha value is -2.62. The maximum absolute atomic E-state index is 12.5. The van der Waals surface area contributed by atoms with E-state index < -0.39 is 0 Å². The van der Waals surface area contributed by atoms with Gasteiger partial charge in [0.15, 0.2) is 0 Å². The number of para-hydroxylation sites is 2. The number of carbonyl (C=O) groups is 1. The molecule has 1 amide bonds. The van der Waals surface area contributed by atoms with Crippen molar-refractivity contribution < 1.29 is 4.79 Å². The number of H-pyrrole nitrogens is 1. The van der Waals surface area contributed by atoms with Crippen molar-refractivity contribution in [2.24, 2.45) is 0 Å². The molecular weight excluding hydrogens is 310 g/mol. The lowest BCUT2D eigenvalue weighted by Crippen LogP contribution is -2.24. The quantitative estimate of drug-likeness (QED) is 0.751. The Labute approximate surface area is 147 Å². The Bertz CT molecular complexity index is 849. The third-order valence-corrected chi connectivity index (χ3v) is 4.99. The molecule has 0 bridgehead atoms. The Balaban J connectivity index is 1.51. The van der Waals surface area contributed by atoms with Gasteiger partial charge in [-0.1, -0.05) is 37.6 Å². The minimum absolute atomic E-state index is 0.125. The maximum Gasteiger partial charge on any atom is 0.227 e. The smallest absolute Gasteiger partial charge is 0.227 e. The third-order valence-electron chi connectivity index (χ3n) is 4.99. The van der Waals surface area contributed by atoms with E-state index >= 15 is 0 Å². The molecule has 1 aromatic heterocycles. The number of carbonyl (C=O) groups excluding carboxylic acids is 1. The predicted molar refractivity (Wildman–Crippen MR) is 101 cm³/mol. The normalized spacial score (nSPS) is 17.6. The van der Waals surface area contributed by atoms with Gasteiger partial charge in [-0.2, -0.15) is 0 Å². The van der Waals surface area contributed by atoms with E-state index in [2.05, 4.69) is 41.2 Å². The fourth-order valence-electron chi connectivity index (χ4n) is 3.53. The van der Waals surface area contributed by atoms with Gasteiger partial charge in [0.25, 0.3) is 0 Å². The summed E-state index contributed by atoms with van der Waals surface area (Å²) in [6.07, 6.45) is 4.02. The summed E-state index contributed by atoms with van der Waals surface area (Å²) in [7, 11) is 0. The molecule has 25 heavy (non-hydrogen) atoms. The Kier molecular flexibility index (Phi) is 4.26. The van der Waals surface area contributed by atoms with E-state index in [0.29, 0.717) is 13.0 Å². The number of fused-ring (bicyclic) bond motifs is 1. The first-order valence-electron chi connectivity index (χ1n) is 9.08. The standard InChI is InChI=1S/C21H23N3O/c1-2-3-6-15-9-11-17(12-10-15)24-14-16(13-20(24)25)21-22-18-7-4-5-8-19(18)23-21/h4-5,7-12,16H,2-3,6,13-14H2,1H3,(H,22,23). The highest BCUT2D eigenvalue weighted by atomic mass is 16.2. The number of nitrogens with zero attached hydrogens (tertiary/aromatic N) is 2. The Morgan fingerprint density at radius 3 is 2.72 bits per heavy atom. The van der Waals surface area contributed by atoms with Crippen molar-refractivity contribution in [3.63, 3.8) is 0 Å². The molecule has 1 aliphatic rings. The monoisotopic (exact) mass is 333 g/mol. The molecule has 4 rings (SSSR count). The molecule has 2 aromatic carbocycles. The van der Waals surface area contributed by atoms with Crippen molar-refractivity contribution in [3.8, 4) is 0 Å². The Morgan fingerprint density at radius 2 is 1.96 bits per heavy atom. The topological polar surface area (TPSA) is 49.0 Å². The molecule has 1 unspecified atom stereocenters. The van der Waals surface area contributed by atoms with Gasteiger partial charge < -0.3 is 9.88 Å². The molecule has 128 valence electrons. The Morgan fingerprint density at radius 1 is 1.16 bits per heavy atom. The van der Waals surface area contributed by atoms with Gasteiger partial charge in [-0.15, -0.1) is 0 Å². The highest BCUT2D eigenvalue weighted by Gasteiger charge is 2.33. The van der Waals surface area contributed by atoms with Gasteiger partial charge in [-0.3, -0.25) is 4.79 Å². The number of amides is 1. The lowest BCUT2D eigenvalue weighted by molar-refractivity contribution is -0.117. The number of aromatic nitrogens is 2. The molecular formula is C21H23N3O. The molecule has 4 nitrogen and oxygen atoms in total. The van der Waals surface area contributed by atoms with Crippen LogP contribution in [-0.4, -0.2) is 22.4 Å². The first kappa shape index (κ1) is 15.9. The SMILES string of the molecule is CCCCc1ccc(N2CC(c3nc4ccccc4[nH]3)CC2=O)cc1. The van der Waals surface area contributed by atoms with Crippen LogP contribution < -0.4 is 4.90 Å². The zero-order chi connectivity index (χ0) is 17.2. The van der Waals surface area contributed by atoms with Crippen LogP contribution in [0.4, 0.5) is 5.69 Å². The van der Waals surface area contributed by atoms with E-state index in [1.165, 1.54) is 18.4 Å². The molecule has 0 radical (unpaired) electrons. The number of hydrogen-bond donors (Lipinski definition) is 1. The van der Waals surface area contributed by atoms with Crippen molar-refractivity contribution in [1.29, 1.82) is 0 Å². The number of unbranched alkanes of at least 4 members (excludes halogenated alkanes) is 1. The van der Waals surface area contributed by atoms with Gasteiger partial charge in [0.1, 0.15) is 5.82 Å². The van der Waals surface area contributed by atoms with Gasteiger partial charge in [-0.05, 0) is 42.7 Å². The average Bonchev–Trinajstić information content (AvgIpc) is 3.24. The van der Waals surface area contributed by atoms with E-state index in [4.69, 9.17) is 0 Å². The van der Waals surface area contributed by atoms with Crippen LogP contribution >= 0.6 is 0 Å². The van der Waals surface area contributed by atoms with Gasteiger partial charge >= 0.3 is 0 Å². The van der Waals surface area contributed by atoms with E-state index in [1.54, 1.807) is 0 Å². The number of hydrogen-bond acceptors (Lipinski definition) is 2. The molecule has 1 saturated heterocycles. The maximum atomic E-state index is 12.5. The fourth-order valence-corrected chi connectivity index (χ4v) is 3.53. The van der Waals surface area contributed by atoms with E-state index in [-0.39, 0.29) is 11.8 Å². The first-order valence-corrected chi connectivity index (χ1v) is 9.08. The van der Waals surface area contributed by atoms with Gasteiger partial charge in [0.2, 0.25) is 5.91 Å². The molecule has 0 spiro atoms.